The molecular formula is C10H13N4NaO14P3. The summed E-state index contributed by atoms with van der Waals surface area (Å²) in [6.07, 6.45) is -1.15. The summed E-state index contributed by atoms with van der Waals surface area (Å²) in [5.74, 6) is 0. The zero-order chi connectivity index (χ0) is 23.4. The Morgan fingerprint density at radius 3 is 2.28 bits per heavy atom. The van der Waals surface area contributed by atoms with Crippen molar-refractivity contribution in [2.45, 2.75) is 12.3 Å². The van der Waals surface area contributed by atoms with E-state index in [0.29, 0.717) is 0 Å². The molecule has 0 saturated carbocycles. The quantitative estimate of drug-likeness (QED) is 0.117. The van der Waals surface area contributed by atoms with Crippen LogP contribution in [0.3, 0.4) is 0 Å². The molecule has 0 aliphatic carbocycles. The third-order valence-corrected chi connectivity index (χ3v) is 6.84. The zero-order valence-electron chi connectivity index (χ0n) is 15.7. The molecule has 4 atom stereocenters. The van der Waals surface area contributed by atoms with Crippen LogP contribution in [0.1, 0.15) is 6.23 Å². The van der Waals surface area contributed by atoms with Gasteiger partial charge < -0.3 is 34.1 Å². The molecule has 2 rings (SSSR count). The second-order valence-corrected chi connectivity index (χ2v) is 9.70. The summed E-state index contributed by atoms with van der Waals surface area (Å²) in [4.78, 5) is 79.3. The number of aromatic nitrogens is 4. The van der Waals surface area contributed by atoms with E-state index in [4.69, 9.17) is 19.4 Å². The van der Waals surface area contributed by atoms with Crippen LogP contribution in [0.5, 0.6) is 0 Å². The second kappa shape index (κ2) is 11.5. The molecule has 0 aliphatic rings. The van der Waals surface area contributed by atoms with Gasteiger partial charge in [0.1, 0.15) is 6.10 Å². The Morgan fingerprint density at radius 2 is 1.72 bits per heavy atom. The molecule has 173 valence electrons. The van der Waals surface area contributed by atoms with Crippen LogP contribution in [0.4, 0.5) is 0 Å². The Hall–Kier alpha value is -0.940. The van der Waals surface area contributed by atoms with Crippen molar-refractivity contribution in [2.24, 2.45) is 0 Å². The van der Waals surface area contributed by atoms with Crippen molar-refractivity contribution < 1.29 is 60.7 Å². The normalized spacial score (nSPS) is 17.5. The van der Waals surface area contributed by atoms with Crippen molar-refractivity contribution in [2.75, 3.05) is 6.61 Å². The minimum absolute atomic E-state index is 0. The van der Waals surface area contributed by atoms with Crippen LogP contribution in [0.25, 0.3) is 11.2 Å². The number of carbonyl (C=O) groups is 2. The number of hydrogen-bond acceptors (Lipinski definition) is 12. The molecule has 0 bridgehead atoms. The van der Waals surface area contributed by atoms with Gasteiger partial charge in [-0.05, 0) is 0 Å². The standard InChI is InChI=1S/C10H13N4O14P3.Na/c15-1-6(3-25-30(21,22)28-31(23,24)27-29(18,19)20)26-7(2-16)14-5-13-8-9(14)11-4-12-10(8)17;/h1-2,4-7H,3H2,(H,21,22)(H,23,24)(H,11,12,17)(H2,18,19,20);/t6-,7-;/m0./s1. The monoisotopic (exact) mass is 529 g/mol. The molecule has 0 spiro atoms. The molecule has 2 aromatic heterocycles. The topological polar surface area (TPSA) is 267 Å². The van der Waals surface area contributed by atoms with Crippen molar-refractivity contribution in [3.05, 3.63) is 23.0 Å². The first kappa shape index (κ1) is 29.1. The Bertz CT molecular complexity index is 1160. The first-order chi connectivity index (χ1) is 14.3. The average molecular weight is 529 g/mol. The predicted octanol–water partition coefficient (Wildman–Crippen LogP) is -1.64. The SMILES string of the molecule is O=C[C@H](O[C@@H](C=O)COP(=O)(O)OP(=O)(O)OP(=O)(O)O)n1cnc2c(=O)[nH]cnc21.[Na]. The molecule has 5 N–H and O–H groups in total. The summed E-state index contributed by atoms with van der Waals surface area (Å²) in [6, 6.07) is 0. The van der Waals surface area contributed by atoms with Crippen molar-refractivity contribution in [1.82, 2.24) is 19.5 Å². The third-order valence-electron chi connectivity index (χ3n) is 3.04. The largest absolute Gasteiger partial charge is 0.490 e. The number of nitrogens with zero attached hydrogens (tertiary/aromatic N) is 3. The van der Waals surface area contributed by atoms with Gasteiger partial charge in [0.15, 0.2) is 30.0 Å². The van der Waals surface area contributed by atoms with Crippen LogP contribution in [-0.4, -0.2) is 93.9 Å². The van der Waals surface area contributed by atoms with Crippen molar-refractivity contribution in [3.8, 4) is 0 Å². The molecule has 22 heteroatoms. The van der Waals surface area contributed by atoms with E-state index in [9.17, 15) is 33.0 Å². The van der Waals surface area contributed by atoms with E-state index in [-0.39, 0.29) is 53.3 Å². The molecule has 2 aromatic rings. The molecule has 0 saturated heterocycles. The van der Waals surface area contributed by atoms with Gasteiger partial charge in [0, 0.05) is 29.6 Å². The number of rotatable bonds is 12. The summed E-state index contributed by atoms with van der Waals surface area (Å²) >= 11 is 0. The molecule has 1 radical (unpaired) electrons. The number of imidazole rings is 1. The Balaban J connectivity index is 0.00000512. The first-order valence-electron chi connectivity index (χ1n) is 7.51. The van der Waals surface area contributed by atoms with Crippen LogP contribution < -0.4 is 5.56 Å². The fourth-order valence-corrected chi connectivity index (χ4v) is 5.00. The molecule has 2 unspecified atom stereocenters. The van der Waals surface area contributed by atoms with Gasteiger partial charge in [-0.1, -0.05) is 0 Å². The van der Waals surface area contributed by atoms with Crippen LogP contribution in [0, 0.1) is 0 Å². The number of aromatic amines is 1. The van der Waals surface area contributed by atoms with Crippen molar-refractivity contribution >= 4 is 76.8 Å². The third kappa shape index (κ3) is 8.44. The summed E-state index contributed by atoms with van der Waals surface area (Å²) in [6.45, 7) is -1.13. The molecule has 0 aromatic carbocycles. The molecule has 0 amide bonds. The Labute approximate surface area is 198 Å². The molecule has 0 fully saturated rings. The fraction of sp³-hybridized carbons (Fsp3) is 0.300. The minimum Gasteiger partial charge on any atom is -0.338 e. The number of hydrogen-bond donors (Lipinski definition) is 5. The van der Waals surface area contributed by atoms with Crippen molar-refractivity contribution in [1.29, 1.82) is 0 Å². The van der Waals surface area contributed by atoms with E-state index in [1.54, 1.807) is 0 Å². The number of phosphoric ester groups is 1. The van der Waals surface area contributed by atoms with E-state index in [0.717, 1.165) is 17.2 Å². The van der Waals surface area contributed by atoms with Gasteiger partial charge in [-0.3, -0.25) is 18.7 Å². The van der Waals surface area contributed by atoms with E-state index in [2.05, 4.69) is 28.1 Å². The Morgan fingerprint density at radius 1 is 1.06 bits per heavy atom. The summed E-state index contributed by atoms with van der Waals surface area (Å²) in [5.41, 5.74) is -0.889. The Kier molecular flexibility index (Phi) is 10.4. The molecule has 0 aliphatic heterocycles. The molecule has 32 heavy (non-hydrogen) atoms. The fourth-order valence-electron chi connectivity index (χ4n) is 1.97. The van der Waals surface area contributed by atoms with Crippen LogP contribution in [0.15, 0.2) is 17.4 Å². The summed E-state index contributed by atoms with van der Waals surface area (Å²) < 4.78 is 50.8. The van der Waals surface area contributed by atoms with E-state index >= 15 is 0 Å². The maximum atomic E-state index is 11.7. The predicted molar refractivity (Wildman–Crippen MR) is 99.8 cm³/mol. The number of fused-ring (bicyclic) bond motifs is 1. The molecule has 2 heterocycles. The van der Waals surface area contributed by atoms with E-state index < -0.39 is 48.0 Å². The zero-order valence-corrected chi connectivity index (χ0v) is 20.4. The summed E-state index contributed by atoms with van der Waals surface area (Å²) in [7, 11) is -16.8. The van der Waals surface area contributed by atoms with Gasteiger partial charge in [0.05, 0.1) is 19.3 Å². The van der Waals surface area contributed by atoms with Crippen LogP contribution >= 0.6 is 23.5 Å². The number of nitrogens with one attached hydrogen (secondary N) is 1. The first-order valence-corrected chi connectivity index (χ1v) is 12.0. The van der Waals surface area contributed by atoms with Crippen LogP contribution in [-0.2, 0) is 41.2 Å². The number of phosphoric acid groups is 3. The minimum atomic E-state index is -5.75. The van der Waals surface area contributed by atoms with E-state index in [1.807, 2.05) is 0 Å². The van der Waals surface area contributed by atoms with Gasteiger partial charge in [-0.25, -0.2) is 23.7 Å². The van der Waals surface area contributed by atoms with Gasteiger partial charge in [-0.2, -0.15) is 8.62 Å². The maximum absolute atomic E-state index is 11.7. The van der Waals surface area contributed by atoms with Gasteiger partial charge in [-0.15, -0.1) is 0 Å². The van der Waals surface area contributed by atoms with Gasteiger partial charge in [0.2, 0.25) is 0 Å². The smallest absolute Gasteiger partial charge is 0.338 e. The van der Waals surface area contributed by atoms with E-state index in [1.165, 1.54) is 0 Å². The number of H-pyrrole nitrogens is 1. The number of carbonyl (C=O) groups excluding carboxylic acids is 2. The van der Waals surface area contributed by atoms with Gasteiger partial charge in [0.25, 0.3) is 5.56 Å². The second-order valence-electron chi connectivity index (χ2n) is 5.28. The van der Waals surface area contributed by atoms with Crippen LogP contribution in [0.2, 0.25) is 0 Å². The number of ether oxygens (including phenoxy) is 1. The average Bonchev–Trinajstić information content (AvgIpc) is 3.04. The van der Waals surface area contributed by atoms with Gasteiger partial charge >= 0.3 is 23.5 Å². The maximum Gasteiger partial charge on any atom is 0.490 e. The van der Waals surface area contributed by atoms with Crippen molar-refractivity contribution in [3.63, 3.8) is 0 Å². The number of aldehydes is 2. The summed E-state index contributed by atoms with van der Waals surface area (Å²) in [5, 5.41) is 0. The molecule has 18 nitrogen and oxygen atoms in total. The molecular weight excluding hydrogens is 516 g/mol.